The molecule has 0 saturated carbocycles. The summed E-state index contributed by atoms with van der Waals surface area (Å²) < 4.78 is 7.32. The Bertz CT molecular complexity index is 424. The van der Waals surface area contributed by atoms with Gasteiger partial charge in [-0.15, -0.1) is 0 Å². The van der Waals surface area contributed by atoms with Crippen molar-refractivity contribution in [2.45, 2.75) is 45.7 Å². The quantitative estimate of drug-likeness (QED) is 0.861. The molecule has 20 heavy (non-hydrogen) atoms. The first-order valence-electron chi connectivity index (χ1n) is 7.67. The minimum Gasteiger partial charge on any atom is -0.481 e. The van der Waals surface area contributed by atoms with Crippen LogP contribution in [0.5, 0.6) is 5.88 Å². The molecular formula is C15H28N4O. The molecule has 1 unspecified atom stereocenters. The predicted molar refractivity (Wildman–Crippen MR) is 81.1 cm³/mol. The summed E-state index contributed by atoms with van der Waals surface area (Å²) in [5, 5.41) is 8.09. The van der Waals surface area contributed by atoms with Crippen LogP contribution in [0.25, 0.3) is 0 Å². The maximum atomic E-state index is 5.49. The summed E-state index contributed by atoms with van der Waals surface area (Å²) in [5.74, 6) is 0.887. The Morgan fingerprint density at radius 2 is 2.25 bits per heavy atom. The van der Waals surface area contributed by atoms with E-state index in [0.717, 1.165) is 37.8 Å². The fourth-order valence-corrected chi connectivity index (χ4v) is 3.04. The highest BCUT2D eigenvalue weighted by atomic mass is 16.5. The van der Waals surface area contributed by atoms with Crippen LogP contribution in [-0.4, -0.2) is 47.5 Å². The van der Waals surface area contributed by atoms with Gasteiger partial charge in [-0.2, -0.15) is 5.10 Å². The fourth-order valence-electron chi connectivity index (χ4n) is 3.04. The molecule has 1 atom stereocenters. The van der Waals surface area contributed by atoms with Crippen LogP contribution in [0.4, 0.5) is 0 Å². The van der Waals surface area contributed by atoms with Gasteiger partial charge in [0.25, 0.3) is 0 Å². The van der Waals surface area contributed by atoms with Gasteiger partial charge in [0, 0.05) is 26.2 Å². The van der Waals surface area contributed by atoms with Crippen LogP contribution in [-0.2, 0) is 13.6 Å². The standard InChI is InChI=1S/C15H28N4O/c1-5-19(10-13-8-6-7-9-16-13)11-14-12(2)17-18(3)15(14)20-4/h13,16H,5-11H2,1-4H3. The van der Waals surface area contributed by atoms with Crippen molar-refractivity contribution in [2.75, 3.05) is 26.7 Å². The lowest BCUT2D eigenvalue weighted by molar-refractivity contribution is 0.223. The second-order valence-corrected chi connectivity index (χ2v) is 5.67. The number of methoxy groups -OCH3 is 1. The second kappa shape index (κ2) is 7.09. The lowest BCUT2D eigenvalue weighted by Gasteiger charge is -2.30. The van der Waals surface area contributed by atoms with E-state index in [-0.39, 0.29) is 0 Å². The average molecular weight is 280 g/mol. The summed E-state index contributed by atoms with van der Waals surface area (Å²) in [7, 11) is 3.66. The Morgan fingerprint density at radius 1 is 1.45 bits per heavy atom. The van der Waals surface area contributed by atoms with Crippen LogP contribution in [0.15, 0.2) is 0 Å². The van der Waals surface area contributed by atoms with Crippen LogP contribution < -0.4 is 10.1 Å². The van der Waals surface area contributed by atoms with Gasteiger partial charge >= 0.3 is 0 Å². The molecule has 1 N–H and O–H groups in total. The minimum atomic E-state index is 0.631. The van der Waals surface area contributed by atoms with Crippen molar-refractivity contribution < 1.29 is 4.74 Å². The van der Waals surface area contributed by atoms with Crippen molar-refractivity contribution in [1.29, 1.82) is 0 Å². The van der Waals surface area contributed by atoms with Crippen LogP contribution in [0.2, 0.25) is 0 Å². The molecule has 1 aromatic rings. The SMILES string of the molecule is CCN(Cc1c(C)nn(C)c1OC)CC1CCCCN1. The zero-order valence-corrected chi connectivity index (χ0v) is 13.3. The molecule has 2 rings (SSSR count). The van der Waals surface area contributed by atoms with E-state index in [9.17, 15) is 0 Å². The third-order valence-corrected chi connectivity index (χ3v) is 4.20. The fraction of sp³-hybridized carbons (Fsp3) is 0.800. The smallest absolute Gasteiger partial charge is 0.216 e. The molecule has 0 spiro atoms. The Labute approximate surface area is 122 Å². The van der Waals surface area contributed by atoms with Gasteiger partial charge in [-0.25, -0.2) is 4.68 Å². The average Bonchev–Trinajstić information content (AvgIpc) is 2.73. The first-order valence-corrected chi connectivity index (χ1v) is 7.67. The number of rotatable bonds is 6. The third-order valence-electron chi connectivity index (χ3n) is 4.20. The molecule has 114 valence electrons. The van der Waals surface area contributed by atoms with Gasteiger partial charge in [0.2, 0.25) is 5.88 Å². The molecule has 1 saturated heterocycles. The van der Waals surface area contributed by atoms with Crippen molar-refractivity contribution in [3.63, 3.8) is 0 Å². The zero-order chi connectivity index (χ0) is 14.5. The van der Waals surface area contributed by atoms with Crippen molar-refractivity contribution in [2.24, 2.45) is 7.05 Å². The van der Waals surface area contributed by atoms with Crippen LogP contribution in [0.1, 0.15) is 37.4 Å². The molecule has 2 heterocycles. The van der Waals surface area contributed by atoms with Gasteiger partial charge in [0.1, 0.15) is 0 Å². The molecule has 1 aliphatic heterocycles. The maximum absolute atomic E-state index is 5.49. The molecular weight excluding hydrogens is 252 g/mol. The maximum Gasteiger partial charge on any atom is 0.216 e. The van der Waals surface area contributed by atoms with E-state index in [1.54, 1.807) is 7.11 Å². The van der Waals surface area contributed by atoms with Gasteiger partial charge in [-0.1, -0.05) is 13.3 Å². The highest BCUT2D eigenvalue weighted by Gasteiger charge is 2.20. The van der Waals surface area contributed by atoms with E-state index in [0.29, 0.717) is 6.04 Å². The van der Waals surface area contributed by atoms with Crippen molar-refractivity contribution in [1.82, 2.24) is 20.0 Å². The number of nitrogens with zero attached hydrogens (tertiary/aromatic N) is 3. The summed E-state index contributed by atoms with van der Waals surface area (Å²) in [6.07, 6.45) is 3.96. The van der Waals surface area contributed by atoms with E-state index < -0.39 is 0 Å². The zero-order valence-electron chi connectivity index (χ0n) is 13.3. The van der Waals surface area contributed by atoms with Gasteiger partial charge in [0.15, 0.2) is 0 Å². The number of aromatic nitrogens is 2. The van der Waals surface area contributed by atoms with Crippen LogP contribution in [0, 0.1) is 6.92 Å². The molecule has 0 amide bonds. The van der Waals surface area contributed by atoms with Crippen LogP contribution >= 0.6 is 0 Å². The Kier molecular flexibility index (Phi) is 5.43. The third kappa shape index (κ3) is 3.52. The highest BCUT2D eigenvalue weighted by Crippen LogP contribution is 2.23. The van der Waals surface area contributed by atoms with E-state index >= 15 is 0 Å². The minimum absolute atomic E-state index is 0.631. The molecule has 0 aliphatic carbocycles. The molecule has 1 fully saturated rings. The molecule has 0 aromatic carbocycles. The Hall–Kier alpha value is -1.07. The Balaban J connectivity index is 2.02. The van der Waals surface area contributed by atoms with E-state index in [2.05, 4.69) is 29.2 Å². The monoisotopic (exact) mass is 280 g/mol. The van der Waals surface area contributed by atoms with Crippen molar-refractivity contribution in [3.8, 4) is 5.88 Å². The number of hydrogen-bond acceptors (Lipinski definition) is 4. The van der Waals surface area contributed by atoms with Crippen molar-refractivity contribution in [3.05, 3.63) is 11.3 Å². The normalized spacial score (nSPS) is 19.6. The summed E-state index contributed by atoms with van der Waals surface area (Å²) in [6, 6.07) is 0.631. The van der Waals surface area contributed by atoms with Gasteiger partial charge in [0.05, 0.1) is 18.4 Å². The molecule has 5 nitrogen and oxygen atoms in total. The number of aryl methyl sites for hydroxylation is 2. The summed E-state index contributed by atoms with van der Waals surface area (Å²) in [5.41, 5.74) is 2.28. The number of ether oxygens (including phenoxy) is 1. The topological polar surface area (TPSA) is 42.3 Å². The van der Waals surface area contributed by atoms with Crippen molar-refractivity contribution >= 4 is 0 Å². The summed E-state index contributed by atoms with van der Waals surface area (Å²) >= 11 is 0. The van der Waals surface area contributed by atoms with Gasteiger partial charge in [-0.05, 0) is 32.9 Å². The van der Waals surface area contributed by atoms with E-state index in [1.807, 2.05) is 11.7 Å². The van der Waals surface area contributed by atoms with E-state index in [1.165, 1.54) is 24.8 Å². The predicted octanol–water partition coefficient (Wildman–Crippen LogP) is 1.70. The summed E-state index contributed by atoms with van der Waals surface area (Å²) in [4.78, 5) is 2.48. The second-order valence-electron chi connectivity index (χ2n) is 5.67. The van der Waals surface area contributed by atoms with Crippen LogP contribution in [0.3, 0.4) is 0 Å². The number of nitrogens with one attached hydrogen (secondary N) is 1. The molecule has 0 radical (unpaired) electrons. The molecule has 1 aliphatic rings. The number of hydrogen-bond donors (Lipinski definition) is 1. The molecule has 5 heteroatoms. The lowest BCUT2D eigenvalue weighted by atomic mass is 10.0. The largest absolute Gasteiger partial charge is 0.481 e. The van der Waals surface area contributed by atoms with Gasteiger partial charge in [-0.3, -0.25) is 4.90 Å². The first-order chi connectivity index (χ1) is 9.65. The lowest BCUT2D eigenvalue weighted by Crippen LogP contribution is -2.43. The summed E-state index contributed by atoms with van der Waals surface area (Å²) in [6.45, 7) is 8.52. The van der Waals surface area contributed by atoms with E-state index in [4.69, 9.17) is 4.74 Å². The number of likely N-dealkylation sites (N-methyl/N-ethyl adjacent to an activating group) is 1. The highest BCUT2D eigenvalue weighted by molar-refractivity contribution is 5.30. The Morgan fingerprint density at radius 3 is 2.85 bits per heavy atom. The molecule has 1 aromatic heterocycles. The first kappa shape index (κ1) is 15.3. The van der Waals surface area contributed by atoms with Gasteiger partial charge < -0.3 is 10.1 Å². The number of piperidine rings is 1. The molecule has 0 bridgehead atoms.